The van der Waals surface area contributed by atoms with Gasteiger partial charge in [0.25, 0.3) is 5.56 Å². The van der Waals surface area contributed by atoms with Crippen LogP contribution in [0.15, 0.2) is 53.5 Å². The van der Waals surface area contributed by atoms with Gasteiger partial charge in [0.2, 0.25) is 5.91 Å². The molecule has 42 heavy (non-hydrogen) atoms. The Bertz CT molecular complexity index is 1600. The lowest BCUT2D eigenvalue weighted by molar-refractivity contribution is -0.121. The number of aromatic nitrogens is 2. The number of amides is 2. The zero-order valence-corrected chi connectivity index (χ0v) is 24.1. The Labute approximate surface area is 242 Å². The van der Waals surface area contributed by atoms with Gasteiger partial charge in [-0.15, -0.1) is 0 Å². The van der Waals surface area contributed by atoms with Crippen molar-refractivity contribution in [2.24, 2.45) is 0 Å². The van der Waals surface area contributed by atoms with Gasteiger partial charge in [-0.05, 0) is 43.7 Å². The van der Waals surface area contributed by atoms with Crippen LogP contribution in [-0.4, -0.2) is 66.1 Å². The fourth-order valence-electron chi connectivity index (χ4n) is 3.79. The summed E-state index contributed by atoms with van der Waals surface area (Å²) in [7, 11) is -3.31. The monoisotopic (exact) mass is 599 g/mol. The van der Waals surface area contributed by atoms with Crippen molar-refractivity contribution >= 4 is 45.4 Å². The molecule has 15 heteroatoms. The zero-order valence-electron chi connectivity index (χ0n) is 23.3. The van der Waals surface area contributed by atoms with Crippen LogP contribution in [0.1, 0.15) is 19.4 Å². The number of nitrogen functional groups attached to an aromatic ring is 1. The maximum absolute atomic E-state index is 13.3. The Morgan fingerprint density at radius 3 is 2.50 bits per heavy atom. The first kappa shape index (κ1) is 31.6. The van der Waals surface area contributed by atoms with Gasteiger partial charge in [-0.1, -0.05) is 12.1 Å². The van der Waals surface area contributed by atoms with Gasteiger partial charge in [-0.2, -0.15) is 0 Å². The molecule has 0 aliphatic rings. The summed E-state index contributed by atoms with van der Waals surface area (Å²) in [6.07, 6.45) is 2.28. The minimum atomic E-state index is -3.31. The van der Waals surface area contributed by atoms with Crippen molar-refractivity contribution in [1.29, 1.82) is 5.41 Å². The molecule has 1 aromatic heterocycles. The van der Waals surface area contributed by atoms with Gasteiger partial charge in [0, 0.05) is 36.2 Å². The molecule has 0 unspecified atom stereocenters. The SMILES string of the molecule is CC(C)Nc1ncc(-c2cc(N)cc(O)c2)n(CC(=O)NCc2ccc(N(C=N)C(=O)OCCS(C)(=O)=O)cc2)c1=O. The highest BCUT2D eigenvalue weighted by Gasteiger charge is 2.18. The Morgan fingerprint density at radius 1 is 1.21 bits per heavy atom. The molecule has 3 aromatic rings. The van der Waals surface area contributed by atoms with E-state index >= 15 is 0 Å². The number of phenolic OH excluding ortho intramolecular Hbond substituents is 1. The predicted octanol–water partition coefficient (Wildman–Crippen LogP) is 1.93. The molecule has 224 valence electrons. The maximum atomic E-state index is 13.3. The molecule has 6 N–H and O–H groups in total. The molecule has 0 aliphatic heterocycles. The van der Waals surface area contributed by atoms with Crippen molar-refractivity contribution in [2.75, 3.05) is 34.6 Å². The summed E-state index contributed by atoms with van der Waals surface area (Å²) in [6, 6.07) is 10.6. The van der Waals surface area contributed by atoms with E-state index in [2.05, 4.69) is 15.6 Å². The number of rotatable bonds is 12. The number of carbonyl (C=O) groups excluding carboxylic acids is 2. The number of aromatic hydroxyl groups is 1. The van der Waals surface area contributed by atoms with E-state index in [9.17, 15) is 27.9 Å². The highest BCUT2D eigenvalue weighted by Crippen LogP contribution is 2.26. The number of sulfone groups is 1. The van der Waals surface area contributed by atoms with E-state index < -0.39 is 27.4 Å². The largest absolute Gasteiger partial charge is 0.508 e. The molecule has 0 radical (unpaired) electrons. The van der Waals surface area contributed by atoms with Crippen LogP contribution in [0.2, 0.25) is 0 Å². The number of nitrogens with zero attached hydrogens (tertiary/aromatic N) is 3. The van der Waals surface area contributed by atoms with Gasteiger partial charge >= 0.3 is 6.09 Å². The topological polar surface area (TPSA) is 210 Å². The minimum Gasteiger partial charge on any atom is -0.508 e. The second-order valence-electron chi connectivity index (χ2n) is 9.68. The van der Waals surface area contributed by atoms with E-state index in [1.807, 2.05) is 13.8 Å². The smallest absolute Gasteiger partial charge is 0.419 e. The molecule has 0 atom stereocenters. The number of hydrogen-bond acceptors (Lipinski definition) is 11. The number of nitrogens with two attached hydrogens (primary N) is 1. The molecule has 14 nitrogen and oxygen atoms in total. The summed E-state index contributed by atoms with van der Waals surface area (Å²) < 4.78 is 28.6. The lowest BCUT2D eigenvalue weighted by Gasteiger charge is -2.17. The van der Waals surface area contributed by atoms with E-state index in [0.29, 0.717) is 16.8 Å². The molecular formula is C27H33N7O7S. The number of anilines is 3. The highest BCUT2D eigenvalue weighted by molar-refractivity contribution is 7.90. The number of hydrogen-bond donors (Lipinski definition) is 5. The summed E-state index contributed by atoms with van der Waals surface area (Å²) in [4.78, 5) is 43.6. The molecule has 2 aromatic carbocycles. The first-order chi connectivity index (χ1) is 19.8. The number of phenols is 1. The van der Waals surface area contributed by atoms with E-state index in [-0.39, 0.29) is 54.4 Å². The van der Waals surface area contributed by atoms with E-state index in [1.54, 1.807) is 18.2 Å². The Hall–Kier alpha value is -4.92. The van der Waals surface area contributed by atoms with Crippen LogP contribution >= 0.6 is 0 Å². The van der Waals surface area contributed by atoms with E-state index in [4.69, 9.17) is 15.9 Å². The van der Waals surface area contributed by atoms with Gasteiger partial charge in [0.1, 0.15) is 18.9 Å². The average Bonchev–Trinajstić information content (AvgIpc) is 2.89. The number of benzene rings is 2. The molecule has 0 bridgehead atoms. The first-order valence-corrected chi connectivity index (χ1v) is 14.8. The van der Waals surface area contributed by atoms with Crippen LogP contribution < -0.4 is 26.8 Å². The standard InChI is InChI=1S/C27H33N7O7S/c1-17(2)32-25-26(37)33(23(14-31-25)19-10-20(29)12-22(35)11-19)15-24(36)30-13-18-4-6-21(7-5-18)34(16-28)27(38)41-8-9-42(3,39)40/h4-7,10-12,14,16-17,28,35H,8-9,13,15,29H2,1-3H3,(H,30,36)(H,31,32). The van der Waals surface area contributed by atoms with E-state index in [1.165, 1.54) is 35.0 Å². The van der Waals surface area contributed by atoms with Crippen LogP contribution in [0.25, 0.3) is 11.3 Å². The summed E-state index contributed by atoms with van der Waals surface area (Å²) in [5.74, 6) is -0.859. The van der Waals surface area contributed by atoms with Gasteiger partial charge in [-0.25, -0.2) is 23.1 Å². The van der Waals surface area contributed by atoms with Gasteiger partial charge in [0.15, 0.2) is 15.7 Å². The second-order valence-corrected chi connectivity index (χ2v) is 11.9. The lowest BCUT2D eigenvalue weighted by atomic mass is 10.1. The molecule has 1 heterocycles. The van der Waals surface area contributed by atoms with Crippen LogP contribution in [-0.2, 0) is 32.5 Å². The first-order valence-electron chi connectivity index (χ1n) is 12.7. The summed E-state index contributed by atoms with van der Waals surface area (Å²) in [5.41, 5.74) is 7.25. The van der Waals surface area contributed by atoms with Crippen molar-refractivity contribution in [3.05, 3.63) is 64.6 Å². The summed E-state index contributed by atoms with van der Waals surface area (Å²) in [5, 5.41) is 23.2. The van der Waals surface area contributed by atoms with Crippen molar-refractivity contribution in [2.45, 2.75) is 33.0 Å². The third-order valence-corrected chi connectivity index (χ3v) is 6.64. The number of ether oxygens (including phenoxy) is 1. The second kappa shape index (κ2) is 13.6. The lowest BCUT2D eigenvalue weighted by Crippen LogP contribution is -2.35. The van der Waals surface area contributed by atoms with Crippen molar-refractivity contribution in [3.8, 4) is 17.0 Å². The summed E-state index contributed by atoms with van der Waals surface area (Å²) in [6.45, 7) is 3.08. The molecule has 0 spiro atoms. The molecule has 0 fully saturated rings. The zero-order chi connectivity index (χ0) is 31.0. The minimum absolute atomic E-state index is 0.0656. The third-order valence-electron chi connectivity index (χ3n) is 5.73. The normalized spacial score (nSPS) is 11.1. The highest BCUT2D eigenvalue weighted by atomic mass is 32.2. The van der Waals surface area contributed by atoms with Crippen LogP contribution in [0, 0.1) is 5.41 Å². The molecule has 0 aliphatic carbocycles. The predicted molar refractivity (Wildman–Crippen MR) is 159 cm³/mol. The Balaban J connectivity index is 1.73. The Kier molecular flexibility index (Phi) is 10.3. The number of carbonyl (C=O) groups is 2. The molecular weight excluding hydrogens is 566 g/mol. The van der Waals surface area contributed by atoms with E-state index in [0.717, 1.165) is 17.5 Å². The van der Waals surface area contributed by atoms with Crippen LogP contribution in [0.3, 0.4) is 0 Å². The molecule has 2 amide bonds. The van der Waals surface area contributed by atoms with Crippen molar-refractivity contribution in [3.63, 3.8) is 0 Å². The van der Waals surface area contributed by atoms with Crippen LogP contribution in [0.5, 0.6) is 5.75 Å². The van der Waals surface area contributed by atoms with Gasteiger partial charge < -0.3 is 26.2 Å². The average molecular weight is 600 g/mol. The van der Waals surface area contributed by atoms with Gasteiger partial charge in [-0.3, -0.25) is 19.6 Å². The number of nitrogens with one attached hydrogen (secondary N) is 3. The maximum Gasteiger partial charge on any atom is 0.419 e. The molecule has 3 rings (SSSR count). The Morgan fingerprint density at radius 2 is 1.90 bits per heavy atom. The van der Waals surface area contributed by atoms with Crippen molar-refractivity contribution in [1.82, 2.24) is 14.9 Å². The molecule has 0 saturated carbocycles. The van der Waals surface area contributed by atoms with Gasteiger partial charge in [0.05, 0.1) is 29.7 Å². The quantitative estimate of drug-likeness (QED) is 0.116. The van der Waals surface area contributed by atoms with Crippen LogP contribution in [0.4, 0.5) is 22.0 Å². The fourth-order valence-corrected chi connectivity index (χ4v) is 4.17. The van der Waals surface area contributed by atoms with Crippen molar-refractivity contribution < 1.29 is 27.9 Å². The fraction of sp³-hybridized carbons (Fsp3) is 0.296. The molecule has 0 saturated heterocycles. The summed E-state index contributed by atoms with van der Waals surface area (Å²) >= 11 is 0. The third kappa shape index (κ3) is 8.79.